The normalized spacial score (nSPS) is 37.1. The summed E-state index contributed by atoms with van der Waals surface area (Å²) in [6, 6.07) is 0. The van der Waals surface area contributed by atoms with Gasteiger partial charge in [0.15, 0.2) is 0 Å². The first-order valence-corrected chi connectivity index (χ1v) is 8.59. The van der Waals surface area contributed by atoms with E-state index in [1.54, 1.807) is 0 Å². The van der Waals surface area contributed by atoms with E-state index in [2.05, 4.69) is 12.2 Å². The quantitative estimate of drug-likeness (QED) is 0.863. The number of ketones is 1. The van der Waals surface area contributed by atoms with Crippen LogP contribution in [0, 0.1) is 11.3 Å². The lowest BCUT2D eigenvalue weighted by Gasteiger charge is -2.44. The molecule has 0 amide bonds. The van der Waals surface area contributed by atoms with Crippen LogP contribution in [0.4, 0.5) is 0 Å². The second kappa shape index (κ2) is 5.76. The fraction of sp³-hybridized carbons (Fsp3) is 0.941. The maximum atomic E-state index is 13.1. The molecule has 0 radical (unpaired) electrons. The molecule has 0 bridgehead atoms. The minimum atomic E-state index is -0.0716. The molecule has 3 rings (SSSR count). The van der Waals surface area contributed by atoms with E-state index in [9.17, 15) is 4.79 Å². The Morgan fingerprint density at radius 1 is 1.25 bits per heavy atom. The first-order valence-electron chi connectivity index (χ1n) is 8.59. The van der Waals surface area contributed by atoms with Crippen LogP contribution in [0.3, 0.4) is 0 Å². The van der Waals surface area contributed by atoms with E-state index in [1.165, 1.54) is 32.1 Å². The van der Waals surface area contributed by atoms with Gasteiger partial charge in [-0.05, 0) is 45.1 Å². The summed E-state index contributed by atoms with van der Waals surface area (Å²) in [6.45, 7) is 4.88. The predicted molar refractivity (Wildman–Crippen MR) is 79.7 cm³/mol. The monoisotopic (exact) mass is 279 g/mol. The van der Waals surface area contributed by atoms with Crippen LogP contribution in [0.5, 0.6) is 0 Å². The summed E-state index contributed by atoms with van der Waals surface area (Å²) in [6.07, 6.45) is 10.2. The molecule has 20 heavy (non-hydrogen) atoms. The highest BCUT2D eigenvalue weighted by molar-refractivity contribution is 5.87. The molecule has 3 heteroatoms. The molecule has 3 fully saturated rings. The molecule has 1 N–H and O–H groups in total. The molecule has 1 saturated carbocycles. The summed E-state index contributed by atoms with van der Waals surface area (Å²) in [5.74, 6) is 0.792. The number of carbonyl (C=O) groups is 1. The van der Waals surface area contributed by atoms with Gasteiger partial charge in [-0.15, -0.1) is 0 Å². The molecule has 2 heterocycles. The Kier molecular flexibility index (Phi) is 4.19. The largest absolute Gasteiger partial charge is 0.375 e. The van der Waals surface area contributed by atoms with Crippen LogP contribution < -0.4 is 5.32 Å². The summed E-state index contributed by atoms with van der Waals surface area (Å²) in [5.41, 5.74) is -0.0182. The highest BCUT2D eigenvalue weighted by atomic mass is 16.5. The number of Topliss-reactive ketones (excluding diaryl/α,β-unsaturated/α-hetero) is 1. The average molecular weight is 279 g/mol. The predicted octanol–water partition coefficient (Wildman–Crippen LogP) is 3.07. The fourth-order valence-electron chi connectivity index (χ4n) is 4.66. The molecule has 1 aliphatic carbocycles. The Balaban J connectivity index is 1.71. The Labute approximate surface area is 122 Å². The van der Waals surface area contributed by atoms with Crippen LogP contribution in [0.25, 0.3) is 0 Å². The third-order valence-electron chi connectivity index (χ3n) is 6.07. The number of hydrogen-bond acceptors (Lipinski definition) is 3. The van der Waals surface area contributed by atoms with Gasteiger partial charge in [-0.2, -0.15) is 0 Å². The molecular formula is C17H29NO2. The molecular weight excluding hydrogens is 250 g/mol. The lowest BCUT2D eigenvalue weighted by molar-refractivity contribution is -0.150. The molecule has 0 aromatic heterocycles. The number of ether oxygens (including phenoxy) is 1. The minimum Gasteiger partial charge on any atom is -0.375 e. The highest BCUT2D eigenvalue weighted by Crippen LogP contribution is 2.44. The topological polar surface area (TPSA) is 38.3 Å². The van der Waals surface area contributed by atoms with Crippen LogP contribution in [0.15, 0.2) is 0 Å². The van der Waals surface area contributed by atoms with E-state index >= 15 is 0 Å². The van der Waals surface area contributed by atoms with Crippen molar-refractivity contribution in [3.8, 4) is 0 Å². The molecule has 3 aliphatic rings. The Bertz CT molecular complexity index is 348. The third kappa shape index (κ3) is 2.55. The Morgan fingerprint density at radius 2 is 2.05 bits per heavy atom. The first-order chi connectivity index (χ1) is 9.70. The van der Waals surface area contributed by atoms with Crippen molar-refractivity contribution in [1.82, 2.24) is 5.32 Å². The Hall–Kier alpha value is -0.410. The fourth-order valence-corrected chi connectivity index (χ4v) is 4.66. The van der Waals surface area contributed by atoms with Gasteiger partial charge in [-0.25, -0.2) is 0 Å². The van der Waals surface area contributed by atoms with Crippen LogP contribution in [-0.2, 0) is 9.53 Å². The van der Waals surface area contributed by atoms with Gasteiger partial charge in [0.1, 0.15) is 5.78 Å². The van der Waals surface area contributed by atoms with E-state index in [-0.39, 0.29) is 16.9 Å². The van der Waals surface area contributed by atoms with Crippen molar-refractivity contribution in [1.29, 1.82) is 0 Å². The molecule has 2 saturated heterocycles. The van der Waals surface area contributed by atoms with E-state index in [0.29, 0.717) is 5.78 Å². The van der Waals surface area contributed by atoms with Gasteiger partial charge < -0.3 is 10.1 Å². The molecule has 114 valence electrons. The van der Waals surface area contributed by atoms with E-state index in [1.807, 2.05) is 0 Å². The zero-order chi connectivity index (χ0) is 14.1. The van der Waals surface area contributed by atoms with E-state index < -0.39 is 0 Å². The lowest BCUT2D eigenvalue weighted by atomic mass is 9.68. The molecule has 2 atom stereocenters. The zero-order valence-electron chi connectivity index (χ0n) is 12.9. The molecule has 0 aromatic carbocycles. The SMILES string of the molecule is CCC1(C(=O)C2CCOC3(CCCCC3)C2)CCNC1. The van der Waals surface area contributed by atoms with E-state index in [0.717, 1.165) is 45.4 Å². The maximum absolute atomic E-state index is 13.1. The number of rotatable bonds is 3. The number of hydrogen-bond donors (Lipinski definition) is 1. The standard InChI is InChI=1S/C17H29NO2/c1-2-16(9-10-18-13-16)15(19)14-6-11-20-17(12-14)7-4-3-5-8-17/h14,18H,2-13H2,1H3. The van der Waals surface area contributed by atoms with Gasteiger partial charge >= 0.3 is 0 Å². The van der Waals surface area contributed by atoms with Crippen molar-refractivity contribution >= 4 is 5.78 Å². The third-order valence-corrected chi connectivity index (χ3v) is 6.07. The van der Waals surface area contributed by atoms with Gasteiger partial charge in [0.05, 0.1) is 5.60 Å². The van der Waals surface area contributed by atoms with Gasteiger partial charge in [-0.3, -0.25) is 4.79 Å². The first kappa shape index (κ1) is 14.5. The van der Waals surface area contributed by atoms with Crippen LogP contribution in [0.2, 0.25) is 0 Å². The van der Waals surface area contributed by atoms with Gasteiger partial charge in [0.2, 0.25) is 0 Å². The summed E-state index contributed by atoms with van der Waals surface area (Å²) in [4.78, 5) is 13.1. The summed E-state index contributed by atoms with van der Waals surface area (Å²) in [7, 11) is 0. The molecule has 2 aliphatic heterocycles. The second-order valence-electron chi connectivity index (χ2n) is 7.21. The summed E-state index contributed by atoms with van der Waals surface area (Å²) in [5, 5.41) is 3.40. The van der Waals surface area contributed by atoms with Crippen molar-refractivity contribution in [2.45, 2.75) is 70.3 Å². The van der Waals surface area contributed by atoms with Crippen molar-refractivity contribution < 1.29 is 9.53 Å². The number of carbonyl (C=O) groups excluding carboxylic acids is 1. The van der Waals surface area contributed by atoms with Crippen molar-refractivity contribution in [3.05, 3.63) is 0 Å². The second-order valence-corrected chi connectivity index (χ2v) is 7.21. The molecule has 1 spiro atoms. The smallest absolute Gasteiger partial charge is 0.143 e. The number of nitrogens with one attached hydrogen (secondary N) is 1. The lowest BCUT2D eigenvalue weighted by Crippen LogP contribution is -2.47. The van der Waals surface area contributed by atoms with Gasteiger partial charge in [0, 0.05) is 24.5 Å². The zero-order valence-corrected chi connectivity index (χ0v) is 12.9. The van der Waals surface area contributed by atoms with Crippen LogP contribution in [-0.4, -0.2) is 31.1 Å². The average Bonchev–Trinajstić information content (AvgIpc) is 2.97. The van der Waals surface area contributed by atoms with Crippen molar-refractivity contribution in [3.63, 3.8) is 0 Å². The van der Waals surface area contributed by atoms with Crippen molar-refractivity contribution in [2.24, 2.45) is 11.3 Å². The Morgan fingerprint density at radius 3 is 2.70 bits per heavy atom. The van der Waals surface area contributed by atoms with Crippen LogP contribution in [0.1, 0.15) is 64.7 Å². The summed E-state index contributed by atoms with van der Waals surface area (Å²) >= 11 is 0. The molecule has 2 unspecified atom stereocenters. The highest BCUT2D eigenvalue weighted by Gasteiger charge is 2.47. The maximum Gasteiger partial charge on any atom is 0.143 e. The van der Waals surface area contributed by atoms with Gasteiger partial charge in [-0.1, -0.05) is 26.2 Å². The van der Waals surface area contributed by atoms with E-state index in [4.69, 9.17) is 4.74 Å². The molecule has 3 nitrogen and oxygen atoms in total. The van der Waals surface area contributed by atoms with Crippen molar-refractivity contribution in [2.75, 3.05) is 19.7 Å². The summed E-state index contributed by atoms with van der Waals surface area (Å²) < 4.78 is 6.15. The minimum absolute atomic E-state index is 0.0534. The van der Waals surface area contributed by atoms with Gasteiger partial charge in [0.25, 0.3) is 0 Å². The molecule has 0 aromatic rings. The van der Waals surface area contributed by atoms with Crippen LogP contribution >= 0.6 is 0 Å².